The van der Waals surface area contributed by atoms with Crippen LogP contribution in [0.4, 0.5) is 11.6 Å². The Kier molecular flexibility index (Phi) is 4.07. The minimum atomic E-state index is 0.558. The second kappa shape index (κ2) is 6.53. The molecular formula is C19H16ClN5. The molecule has 0 aliphatic carbocycles. The van der Waals surface area contributed by atoms with Gasteiger partial charge in [0, 0.05) is 47.3 Å². The molecule has 0 atom stereocenters. The third kappa shape index (κ3) is 3.46. The number of hydrogen-bond donors (Lipinski definition) is 2. The van der Waals surface area contributed by atoms with Crippen molar-refractivity contribution < 1.29 is 0 Å². The van der Waals surface area contributed by atoms with Crippen LogP contribution in [0.5, 0.6) is 0 Å². The summed E-state index contributed by atoms with van der Waals surface area (Å²) >= 11 is 5.89. The standard InChI is InChI=1S/C19H16ClN5/c1-12-6-17-14(11-22-18(17)21-8-12)7-13-9-23-19(24-10-13)25-16-4-2-15(20)3-5-16/h2-6,8-11H,7H2,1H3,(H,21,22)(H,23,24,25). The zero-order valence-electron chi connectivity index (χ0n) is 13.6. The lowest BCUT2D eigenvalue weighted by atomic mass is 10.1. The van der Waals surface area contributed by atoms with Gasteiger partial charge in [0.15, 0.2) is 0 Å². The second-order valence-corrected chi connectivity index (χ2v) is 6.38. The van der Waals surface area contributed by atoms with Gasteiger partial charge in [0.05, 0.1) is 0 Å². The second-order valence-electron chi connectivity index (χ2n) is 5.95. The highest BCUT2D eigenvalue weighted by Gasteiger charge is 2.07. The molecule has 0 bridgehead atoms. The van der Waals surface area contributed by atoms with Gasteiger partial charge in [-0.25, -0.2) is 15.0 Å². The predicted molar refractivity (Wildman–Crippen MR) is 100 cm³/mol. The van der Waals surface area contributed by atoms with Crippen molar-refractivity contribution in [2.75, 3.05) is 5.32 Å². The fourth-order valence-electron chi connectivity index (χ4n) is 2.70. The van der Waals surface area contributed by atoms with E-state index in [1.165, 1.54) is 5.56 Å². The normalized spacial score (nSPS) is 11.0. The van der Waals surface area contributed by atoms with Gasteiger partial charge in [-0.2, -0.15) is 0 Å². The number of aromatic amines is 1. The van der Waals surface area contributed by atoms with Crippen molar-refractivity contribution in [3.63, 3.8) is 0 Å². The van der Waals surface area contributed by atoms with E-state index in [1.54, 1.807) is 0 Å². The third-order valence-corrected chi connectivity index (χ3v) is 4.21. The van der Waals surface area contributed by atoms with Crippen LogP contribution < -0.4 is 5.32 Å². The molecule has 0 aliphatic rings. The highest BCUT2D eigenvalue weighted by molar-refractivity contribution is 6.30. The Hall–Kier alpha value is -2.92. The molecule has 1 aromatic carbocycles. The Balaban J connectivity index is 1.51. The first-order chi connectivity index (χ1) is 12.2. The average Bonchev–Trinajstić information content (AvgIpc) is 3.01. The number of anilines is 2. The fourth-order valence-corrected chi connectivity index (χ4v) is 2.83. The number of halogens is 1. The molecule has 0 saturated carbocycles. The molecule has 5 nitrogen and oxygen atoms in total. The first-order valence-corrected chi connectivity index (χ1v) is 8.31. The van der Waals surface area contributed by atoms with Crippen LogP contribution in [-0.4, -0.2) is 19.9 Å². The van der Waals surface area contributed by atoms with Crippen LogP contribution in [0.15, 0.2) is 55.1 Å². The maximum Gasteiger partial charge on any atom is 0.227 e. The van der Waals surface area contributed by atoms with Gasteiger partial charge in [-0.15, -0.1) is 0 Å². The highest BCUT2D eigenvalue weighted by Crippen LogP contribution is 2.21. The number of aromatic nitrogens is 4. The van der Waals surface area contributed by atoms with Crippen molar-refractivity contribution in [1.82, 2.24) is 19.9 Å². The van der Waals surface area contributed by atoms with Crippen LogP contribution in [-0.2, 0) is 6.42 Å². The number of nitrogens with zero attached hydrogens (tertiary/aromatic N) is 3. The molecular weight excluding hydrogens is 334 g/mol. The zero-order valence-corrected chi connectivity index (χ0v) is 14.4. The van der Waals surface area contributed by atoms with Crippen LogP contribution >= 0.6 is 11.6 Å². The van der Waals surface area contributed by atoms with Gasteiger partial charge in [-0.05, 0) is 53.9 Å². The number of rotatable bonds is 4. The summed E-state index contributed by atoms with van der Waals surface area (Å²) in [5, 5.41) is 5.00. The monoisotopic (exact) mass is 349 g/mol. The lowest BCUT2D eigenvalue weighted by Crippen LogP contribution is -1.98. The van der Waals surface area contributed by atoms with Crippen LogP contribution in [0.3, 0.4) is 0 Å². The number of nitrogens with one attached hydrogen (secondary N) is 2. The van der Waals surface area contributed by atoms with Crippen molar-refractivity contribution in [3.05, 3.63) is 76.8 Å². The summed E-state index contributed by atoms with van der Waals surface area (Å²) in [5.41, 5.74) is 5.18. The molecule has 0 saturated heterocycles. The van der Waals surface area contributed by atoms with Gasteiger partial charge in [-0.1, -0.05) is 11.6 Å². The van der Waals surface area contributed by atoms with Gasteiger partial charge in [0.25, 0.3) is 0 Å². The number of pyridine rings is 1. The van der Waals surface area contributed by atoms with Crippen LogP contribution in [0, 0.1) is 6.92 Å². The molecule has 0 radical (unpaired) electrons. The summed E-state index contributed by atoms with van der Waals surface area (Å²) < 4.78 is 0. The summed E-state index contributed by atoms with van der Waals surface area (Å²) in [7, 11) is 0. The van der Waals surface area contributed by atoms with E-state index in [-0.39, 0.29) is 0 Å². The minimum absolute atomic E-state index is 0.558. The fraction of sp³-hybridized carbons (Fsp3) is 0.105. The predicted octanol–water partition coefficient (Wildman–Crippen LogP) is 4.65. The average molecular weight is 350 g/mol. The zero-order chi connectivity index (χ0) is 17.2. The van der Waals surface area contributed by atoms with Crippen molar-refractivity contribution in [2.24, 2.45) is 0 Å². The van der Waals surface area contributed by atoms with E-state index in [2.05, 4.69) is 31.3 Å². The molecule has 2 N–H and O–H groups in total. The van der Waals surface area contributed by atoms with Crippen molar-refractivity contribution >= 4 is 34.3 Å². The first kappa shape index (κ1) is 15.6. The third-order valence-electron chi connectivity index (χ3n) is 3.95. The number of hydrogen-bond acceptors (Lipinski definition) is 4. The maximum absolute atomic E-state index is 5.89. The van der Waals surface area contributed by atoms with Gasteiger partial charge < -0.3 is 10.3 Å². The summed E-state index contributed by atoms with van der Waals surface area (Å²) in [4.78, 5) is 16.4. The van der Waals surface area contributed by atoms with E-state index in [1.807, 2.05) is 56.0 Å². The summed E-state index contributed by atoms with van der Waals surface area (Å²) in [6, 6.07) is 9.57. The Morgan fingerprint density at radius 3 is 2.56 bits per heavy atom. The molecule has 0 amide bonds. The van der Waals surface area contributed by atoms with Gasteiger partial charge in [0.2, 0.25) is 5.95 Å². The number of aryl methyl sites for hydroxylation is 1. The Morgan fingerprint density at radius 2 is 1.80 bits per heavy atom. The Labute approximate surface area is 150 Å². The topological polar surface area (TPSA) is 66.5 Å². The van der Waals surface area contributed by atoms with Gasteiger partial charge >= 0.3 is 0 Å². The molecule has 0 fully saturated rings. The minimum Gasteiger partial charge on any atom is -0.346 e. The number of H-pyrrole nitrogens is 1. The van der Waals surface area contributed by atoms with Crippen molar-refractivity contribution in [2.45, 2.75) is 13.3 Å². The molecule has 3 aromatic heterocycles. The molecule has 4 aromatic rings. The summed E-state index contributed by atoms with van der Waals surface area (Å²) in [6.07, 6.45) is 8.30. The maximum atomic E-state index is 5.89. The molecule has 124 valence electrons. The van der Waals surface area contributed by atoms with E-state index >= 15 is 0 Å². The molecule has 25 heavy (non-hydrogen) atoms. The Bertz CT molecular complexity index is 1010. The van der Waals surface area contributed by atoms with Crippen LogP contribution in [0.25, 0.3) is 11.0 Å². The smallest absolute Gasteiger partial charge is 0.227 e. The van der Waals surface area contributed by atoms with Crippen molar-refractivity contribution in [3.8, 4) is 0 Å². The quantitative estimate of drug-likeness (QED) is 0.563. The molecule has 0 unspecified atom stereocenters. The lowest BCUT2D eigenvalue weighted by molar-refractivity contribution is 1.08. The molecule has 3 heterocycles. The molecule has 4 rings (SSSR count). The van der Waals surface area contributed by atoms with E-state index in [9.17, 15) is 0 Å². The number of fused-ring (bicyclic) bond motifs is 1. The van der Waals surface area contributed by atoms with E-state index < -0.39 is 0 Å². The molecule has 0 spiro atoms. The SMILES string of the molecule is Cc1cnc2[nH]cc(Cc3cnc(Nc4ccc(Cl)cc4)nc3)c2c1. The van der Waals surface area contributed by atoms with Gasteiger partial charge in [0.1, 0.15) is 5.65 Å². The Morgan fingerprint density at radius 1 is 1.04 bits per heavy atom. The lowest BCUT2D eigenvalue weighted by Gasteiger charge is -2.06. The first-order valence-electron chi connectivity index (χ1n) is 7.93. The highest BCUT2D eigenvalue weighted by atomic mass is 35.5. The van der Waals surface area contributed by atoms with E-state index in [0.29, 0.717) is 11.0 Å². The number of benzene rings is 1. The summed E-state index contributed by atoms with van der Waals surface area (Å²) in [5.74, 6) is 0.558. The van der Waals surface area contributed by atoms with Crippen LogP contribution in [0.2, 0.25) is 5.02 Å². The van der Waals surface area contributed by atoms with E-state index in [4.69, 9.17) is 11.6 Å². The van der Waals surface area contributed by atoms with E-state index in [0.717, 1.165) is 34.3 Å². The van der Waals surface area contributed by atoms with Gasteiger partial charge in [-0.3, -0.25) is 0 Å². The largest absolute Gasteiger partial charge is 0.346 e. The summed E-state index contributed by atoms with van der Waals surface area (Å²) in [6.45, 7) is 2.05. The molecule has 6 heteroatoms. The molecule has 0 aliphatic heterocycles. The van der Waals surface area contributed by atoms with Crippen molar-refractivity contribution in [1.29, 1.82) is 0 Å². The van der Waals surface area contributed by atoms with Crippen LogP contribution in [0.1, 0.15) is 16.7 Å².